The van der Waals surface area contributed by atoms with Gasteiger partial charge in [-0.2, -0.15) is 0 Å². The Bertz CT molecular complexity index is 625. The summed E-state index contributed by atoms with van der Waals surface area (Å²) in [5.41, 5.74) is 0.897. The summed E-state index contributed by atoms with van der Waals surface area (Å²) < 4.78 is 0. The molecule has 0 fully saturated rings. The van der Waals surface area contributed by atoms with Crippen LogP contribution in [0.3, 0.4) is 0 Å². The van der Waals surface area contributed by atoms with E-state index >= 15 is 0 Å². The molecule has 110 valence electrons. The largest absolute Gasteiger partial charge is 0.481 e. The Hall–Kier alpha value is -2.21. The molecule has 2 aromatic rings. The second kappa shape index (κ2) is 6.99. The number of carbonyl (C=O) groups is 2. The van der Waals surface area contributed by atoms with E-state index in [0.717, 1.165) is 10.6 Å². The summed E-state index contributed by atoms with van der Waals surface area (Å²) in [7, 11) is 0. The molecule has 1 aromatic heterocycles. The number of carboxylic acids is 1. The monoisotopic (exact) mass is 304 g/mol. The summed E-state index contributed by atoms with van der Waals surface area (Å²) in [6.45, 7) is 1.83. The van der Waals surface area contributed by atoms with Gasteiger partial charge in [0.15, 0.2) is 0 Å². The summed E-state index contributed by atoms with van der Waals surface area (Å²) in [6, 6.07) is 9.05. The van der Waals surface area contributed by atoms with E-state index in [1.165, 1.54) is 17.5 Å². The Kier molecular flexibility index (Phi) is 5.05. The zero-order chi connectivity index (χ0) is 15.2. The molecule has 2 N–H and O–H groups in total. The quantitative estimate of drug-likeness (QED) is 0.860. The fourth-order valence-electron chi connectivity index (χ4n) is 1.97. The number of nitrogens with one attached hydrogen (secondary N) is 1. The van der Waals surface area contributed by atoms with Crippen molar-refractivity contribution in [2.24, 2.45) is 0 Å². The van der Waals surface area contributed by atoms with Crippen LogP contribution in [-0.2, 0) is 4.79 Å². The maximum Gasteiger partial charge on any atom is 0.303 e. The van der Waals surface area contributed by atoms with Gasteiger partial charge in [-0.1, -0.05) is 30.3 Å². The first-order valence-corrected chi connectivity index (χ1v) is 7.38. The minimum absolute atomic E-state index is 0.00155. The van der Waals surface area contributed by atoms with E-state index < -0.39 is 5.97 Å². The van der Waals surface area contributed by atoms with Gasteiger partial charge in [0.25, 0.3) is 5.91 Å². The smallest absolute Gasteiger partial charge is 0.303 e. The molecule has 1 atom stereocenters. The molecule has 5 nitrogen and oxygen atoms in total. The molecule has 0 aliphatic heterocycles. The van der Waals surface area contributed by atoms with Crippen molar-refractivity contribution in [3.8, 4) is 0 Å². The van der Waals surface area contributed by atoms with Crippen molar-refractivity contribution in [1.82, 2.24) is 10.3 Å². The molecule has 0 bridgehead atoms. The van der Waals surface area contributed by atoms with Gasteiger partial charge in [-0.15, -0.1) is 11.3 Å². The lowest BCUT2D eigenvalue weighted by molar-refractivity contribution is -0.137. The zero-order valence-electron chi connectivity index (χ0n) is 11.6. The Balaban J connectivity index is 2.12. The number of thiazole rings is 1. The average Bonchev–Trinajstić information content (AvgIpc) is 2.90. The van der Waals surface area contributed by atoms with Crippen LogP contribution in [0.25, 0.3) is 0 Å². The molecule has 0 saturated heterocycles. The van der Waals surface area contributed by atoms with Crippen LogP contribution >= 0.6 is 11.3 Å². The molecule has 0 aliphatic carbocycles. The van der Waals surface area contributed by atoms with Crippen LogP contribution in [0.15, 0.2) is 36.5 Å². The molecule has 1 heterocycles. The van der Waals surface area contributed by atoms with Crippen LogP contribution < -0.4 is 5.32 Å². The van der Waals surface area contributed by atoms with Crippen molar-refractivity contribution >= 4 is 23.2 Å². The summed E-state index contributed by atoms with van der Waals surface area (Å²) in [4.78, 5) is 27.6. The van der Waals surface area contributed by atoms with Crippen LogP contribution in [0, 0.1) is 6.92 Å². The lowest BCUT2D eigenvalue weighted by Gasteiger charge is -2.18. The van der Waals surface area contributed by atoms with Crippen molar-refractivity contribution < 1.29 is 14.7 Å². The van der Waals surface area contributed by atoms with Gasteiger partial charge in [0.05, 0.1) is 17.2 Å². The summed E-state index contributed by atoms with van der Waals surface area (Å²) >= 11 is 1.32. The van der Waals surface area contributed by atoms with E-state index in [4.69, 9.17) is 5.11 Å². The second-order valence-corrected chi connectivity index (χ2v) is 5.85. The Labute approximate surface area is 126 Å². The van der Waals surface area contributed by atoms with Crippen LogP contribution in [0.5, 0.6) is 0 Å². The van der Waals surface area contributed by atoms with Crippen molar-refractivity contribution in [1.29, 1.82) is 0 Å². The van der Waals surface area contributed by atoms with Crippen LogP contribution in [-0.4, -0.2) is 22.0 Å². The van der Waals surface area contributed by atoms with Gasteiger partial charge in [0.2, 0.25) is 0 Å². The highest BCUT2D eigenvalue weighted by molar-refractivity contribution is 7.13. The number of amides is 1. The number of benzene rings is 1. The number of carbonyl (C=O) groups excluding carboxylic acids is 1. The van der Waals surface area contributed by atoms with Gasteiger partial charge >= 0.3 is 5.97 Å². The highest BCUT2D eigenvalue weighted by Gasteiger charge is 2.18. The average molecular weight is 304 g/mol. The van der Waals surface area contributed by atoms with E-state index in [0.29, 0.717) is 11.3 Å². The standard InChI is InChI=1S/C15H16N2O3S/c1-10-16-9-13(21-10)15(20)17-12(7-8-14(18)19)11-5-3-2-4-6-11/h2-6,9,12H,7-8H2,1H3,(H,17,20)(H,18,19). The van der Waals surface area contributed by atoms with Gasteiger partial charge in [-0.3, -0.25) is 9.59 Å². The summed E-state index contributed by atoms with van der Waals surface area (Å²) in [5.74, 6) is -1.10. The van der Waals surface area contributed by atoms with Gasteiger partial charge in [0, 0.05) is 6.42 Å². The maximum absolute atomic E-state index is 12.2. The first kappa shape index (κ1) is 15.2. The van der Waals surface area contributed by atoms with Crippen molar-refractivity contribution in [2.45, 2.75) is 25.8 Å². The van der Waals surface area contributed by atoms with Crippen molar-refractivity contribution in [2.75, 3.05) is 0 Å². The van der Waals surface area contributed by atoms with E-state index in [9.17, 15) is 9.59 Å². The topological polar surface area (TPSA) is 79.3 Å². The summed E-state index contributed by atoms with van der Waals surface area (Å²) in [6.07, 6.45) is 1.89. The molecule has 2 rings (SSSR count). The molecular weight excluding hydrogens is 288 g/mol. The lowest BCUT2D eigenvalue weighted by Crippen LogP contribution is -2.28. The third kappa shape index (κ3) is 4.39. The third-order valence-electron chi connectivity index (χ3n) is 3.00. The Morgan fingerprint density at radius 3 is 2.62 bits per heavy atom. The lowest BCUT2D eigenvalue weighted by atomic mass is 10.0. The maximum atomic E-state index is 12.2. The number of hydrogen-bond donors (Lipinski definition) is 2. The molecule has 0 radical (unpaired) electrons. The van der Waals surface area contributed by atoms with E-state index in [1.54, 1.807) is 0 Å². The highest BCUT2D eigenvalue weighted by Crippen LogP contribution is 2.20. The van der Waals surface area contributed by atoms with Gasteiger partial charge < -0.3 is 10.4 Å². The normalized spacial score (nSPS) is 11.9. The Morgan fingerprint density at radius 2 is 2.05 bits per heavy atom. The number of hydrogen-bond acceptors (Lipinski definition) is 4. The molecule has 1 amide bonds. The summed E-state index contributed by atoms with van der Waals surface area (Å²) in [5, 5.41) is 12.6. The van der Waals surface area contributed by atoms with Gasteiger partial charge in [-0.05, 0) is 18.9 Å². The molecule has 0 saturated carbocycles. The number of nitrogens with zero attached hydrogens (tertiary/aromatic N) is 1. The van der Waals surface area contributed by atoms with E-state index in [2.05, 4.69) is 10.3 Å². The number of rotatable bonds is 6. The first-order chi connectivity index (χ1) is 10.1. The fraction of sp³-hybridized carbons (Fsp3) is 0.267. The minimum atomic E-state index is -0.876. The van der Waals surface area contributed by atoms with E-state index in [1.807, 2.05) is 37.3 Å². The molecule has 1 aromatic carbocycles. The van der Waals surface area contributed by atoms with Crippen LogP contribution in [0.4, 0.5) is 0 Å². The van der Waals surface area contributed by atoms with E-state index in [-0.39, 0.29) is 18.4 Å². The van der Waals surface area contributed by atoms with Crippen LogP contribution in [0.1, 0.15) is 39.1 Å². The predicted octanol–water partition coefficient (Wildman–Crippen LogP) is 2.79. The third-order valence-corrected chi connectivity index (χ3v) is 3.91. The molecule has 0 spiro atoms. The Morgan fingerprint density at radius 1 is 1.33 bits per heavy atom. The molecule has 0 aliphatic rings. The van der Waals surface area contributed by atoms with Crippen molar-refractivity contribution in [3.05, 3.63) is 52.0 Å². The number of carboxylic acid groups (broad SMARTS) is 1. The molecule has 1 unspecified atom stereocenters. The highest BCUT2D eigenvalue weighted by atomic mass is 32.1. The second-order valence-electron chi connectivity index (χ2n) is 4.61. The zero-order valence-corrected chi connectivity index (χ0v) is 12.4. The van der Waals surface area contributed by atoms with Crippen molar-refractivity contribution in [3.63, 3.8) is 0 Å². The minimum Gasteiger partial charge on any atom is -0.481 e. The number of aryl methyl sites for hydroxylation is 1. The fourth-order valence-corrected chi connectivity index (χ4v) is 2.65. The molecular formula is C15H16N2O3S. The van der Waals surface area contributed by atoms with Gasteiger partial charge in [-0.25, -0.2) is 4.98 Å². The van der Waals surface area contributed by atoms with Gasteiger partial charge in [0.1, 0.15) is 4.88 Å². The number of aliphatic carboxylic acids is 1. The predicted molar refractivity (Wildman–Crippen MR) is 80.4 cm³/mol. The first-order valence-electron chi connectivity index (χ1n) is 6.56. The SMILES string of the molecule is Cc1ncc(C(=O)NC(CCC(=O)O)c2ccccc2)s1. The van der Waals surface area contributed by atoms with Crippen LogP contribution in [0.2, 0.25) is 0 Å². The molecule has 6 heteroatoms. The number of aromatic nitrogens is 1. The molecule has 21 heavy (non-hydrogen) atoms.